The zero-order chi connectivity index (χ0) is 25.8. The van der Waals surface area contributed by atoms with Crippen LogP contribution in [0.3, 0.4) is 0 Å². The Morgan fingerprint density at radius 3 is 1.21 bits per heavy atom. The smallest absolute Gasteiger partial charge is 0.374 e. The molecule has 11 heteroatoms. The summed E-state index contributed by atoms with van der Waals surface area (Å²) in [6.07, 6.45) is 0. The van der Waals surface area contributed by atoms with Crippen LogP contribution in [0, 0.1) is 0 Å². The topological polar surface area (TPSA) is 144 Å². The minimum Gasteiger partial charge on any atom is -0.478 e. The van der Waals surface area contributed by atoms with Crippen LogP contribution in [0.1, 0.15) is 104 Å². The zero-order valence-electron chi connectivity index (χ0n) is 20.2. The van der Waals surface area contributed by atoms with Crippen LogP contribution in [-0.2, 0) is 29.3 Å². The highest BCUT2D eigenvalue weighted by Gasteiger charge is 2.35. The SMILES string of the molecule is CC(C)(C)OOC(=O)c1ccc(C(=O)O)c(C(=O)OOC(C)(C)C)c1C(=O)OOC(C)(C)C. The molecule has 1 rings (SSSR count). The maximum atomic E-state index is 12.9. The molecule has 0 bridgehead atoms. The number of carboxylic acid groups (broad SMARTS) is 1. The number of carboxylic acids is 1. The molecule has 0 saturated heterocycles. The number of hydrogen-bond donors (Lipinski definition) is 1. The number of carbonyl (C=O) groups excluding carboxylic acids is 3. The van der Waals surface area contributed by atoms with Crippen molar-refractivity contribution in [2.75, 3.05) is 0 Å². The Morgan fingerprint density at radius 1 is 0.576 bits per heavy atom. The number of hydrogen-bond acceptors (Lipinski definition) is 10. The molecule has 11 nitrogen and oxygen atoms in total. The fourth-order valence-corrected chi connectivity index (χ4v) is 1.99. The fourth-order valence-electron chi connectivity index (χ4n) is 1.99. The van der Waals surface area contributed by atoms with Crippen LogP contribution in [0.15, 0.2) is 12.1 Å². The molecule has 0 saturated carbocycles. The molecule has 0 atom stereocenters. The average Bonchev–Trinajstić information content (AvgIpc) is 2.65. The van der Waals surface area contributed by atoms with E-state index < -0.39 is 62.9 Å². The molecule has 184 valence electrons. The summed E-state index contributed by atoms with van der Waals surface area (Å²) in [5.74, 6) is -5.44. The molecule has 0 spiro atoms. The van der Waals surface area contributed by atoms with Crippen molar-refractivity contribution in [3.63, 3.8) is 0 Å². The van der Waals surface area contributed by atoms with E-state index in [9.17, 15) is 24.3 Å². The van der Waals surface area contributed by atoms with Crippen LogP contribution < -0.4 is 0 Å². The summed E-state index contributed by atoms with van der Waals surface area (Å²) in [5, 5.41) is 9.57. The van der Waals surface area contributed by atoms with E-state index in [4.69, 9.17) is 29.3 Å². The molecule has 1 aromatic carbocycles. The lowest BCUT2D eigenvalue weighted by molar-refractivity contribution is -0.303. The summed E-state index contributed by atoms with van der Waals surface area (Å²) in [4.78, 5) is 79.3. The molecule has 0 amide bonds. The first-order chi connectivity index (χ1) is 14.8. The molecular weight excluding hydrogens is 440 g/mol. The van der Waals surface area contributed by atoms with Gasteiger partial charge in [-0.2, -0.15) is 14.7 Å². The molecule has 0 aliphatic heterocycles. The van der Waals surface area contributed by atoms with Crippen LogP contribution in [-0.4, -0.2) is 45.8 Å². The van der Waals surface area contributed by atoms with Crippen LogP contribution in [0.5, 0.6) is 0 Å². The van der Waals surface area contributed by atoms with Gasteiger partial charge < -0.3 is 5.11 Å². The third kappa shape index (κ3) is 9.16. The number of rotatable bonds is 7. The van der Waals surface area contributed by atoms with Crippen molar-refractivity contribution in [2.24, 2.45) is 0 Å². The van der Waals surface area contributed by atoms with Gasteiger partial charge in [-0.1, -0.05) is 0 Å². The van der Waals surface area contributed by atoms with Crippen molar-refractivity contribution in [3.05, 3.63) is 34.4 Å². The van der Waals surface area contributed by atoms with Crippen molar-refractivity contribution in [1.29, 1.82) is 0 Å². The summed E-state index contributed by atoms with van der Waals surface area (Å²) < 4.78 is 0. The van der Waals surface area contributed by atoms with E-state index in [-0.39, 0.29) is 0 Å². The summed E-state index contributed by atoms with van der Waals surface area (Å²) in [7, 11) is 0. The van der Waals surface area contributed by atoms with Gasteiger partial charge in [-0.15, -0.1) is 0 Å². The largest absolute Gasteiger partial charge is 0.478 e. The summed E-state index contributed by atoms with van der Waals surface area (Å²) in [5.41, 5.74) is -5.51. The van der Waals surface area contributed by atoms with E-state index in [0.29, 0.717) is 0 Å². The molecule has 0 aliphatic carbocycles. The van der Waals surface area contributed by atoms with Gasteiger partial charge in [0.2, 0.25) is 0 Å². The van der Waals surface area contributed by atoms with Crippen LogP contribution in [0.4, 0.5) is 0 Å². The molecular formula is C22H30O11. The molecule has 0 fully saturated rings. The predicted octanol–water partition coefficient (Wildman–Crippen LogP) is 4.05. The van der Waals surface area contributed by atoms with Crippen molar-refractivity contribution < 1.29 is 53.6 Å². The second kappa shape index (κ2) is 10.3. The van der Waals surface area contributed by atoms with Crippen molar-refractivity contribution in [3.8, 4) is 0 Å². The van der Waals surface area contributed by atoms with Gasteiger partial charge in [-0.3, -0.25) is 14.7 Å². The minimum absolute atomic E-state index is 0.519. The van der Waals surface area contributed by atoms with Crippen LogP contribution in [0.2, 0.25) is 0 Å². The molecule has 0 heterocycles. The number of aromatic carboxylic acids is 1. The van der Waals surface area contributed by atoms with Gasteiger partial charge in [-0.05, 0) is 74.4 Å². The van der Waals surface area contributed by atoms with Gasteiger partial charge in [-0.25, -0.2) is 19.2 Å². The number of carbonyl (C=O) groups is 4. The van der Waals surface area contributed by atoms with Crippen LogP contribution >= 0.6 is 0 Å². The lowest BCUT2D eigenvalue weighted by atomic mass is 9.95. The third-order valence-electron chi connectivity index (χ3n) is 3.17. The van der Waals surface area contributed by atoms with Gasteiger partial charge in [0.05, 0.1) is 22.3 Å². The van der Waals surface area contributed by atoms with E-state index >= 15 is 0 Å². The van der Waals surface area contributed by atoms with Gasteiger partial charge in [0.15, 0.2) is 0 Å². The predicted molar refractivity (Wildman–Crippen MR) is 112 cm³/mol. The zero-order valence-corrected chi connectivity index (χ0v) is 20.2. The van der Waals surface area contributed by atoms with E-state index in [1.807, 2.05) is 0 Å². The fraction of sp³-hybridized carbons (Fsp3) is 0.545. The highest BCUT2D eigenvalue weighted by molar-refractivity contribution is 6.14. The first-order valence-corrected chi connectivity index (χ1v) is 9.93. The Hall–Kier alpha value is -3.02. The maximum absolute atomic E-state index is 12.9. The van der Waals surface area contributed by atoms with Gasteiger partial charge in [0.25, 0.3) is 0 Å². The van der Waals surface area contributed by atoms with E-state index in [0.717, 1.165) is 12.1 Å². The second-order valence-electron chi connectivity index (χ2n) is 9.92. The Balaban J connectivity index is 3.64. The van der Waals surface area contributed by atoms with Gasteiger partial charge >= 0.3 is 23.9 Å². The average molecular weight is 470 g/mol. The minimum atomic E-state index is -1.57. The Kier molecular flexibility index (Phi) is 8.73. The van der Waals surface area contributed by atoms with Crippen molar-refractivity contribution in [2.45, 2.75) is 79.1 Å². The summed E-state index contributed by atoms with van der Waals surface area (Å²) >= 11 is 0. The molecule has 0 unspecified atom stereocenters. The quantitative estimate of drug-likeness (QED) is 0.455. The van der Waals surface area contributed by atoms with Crippen molar-refractivity contribution in [1.82, 2.24) is 0 Å². The van der Waals surface area contributed by atoms with E-state index in [1.54, 1.807) is 62.3 Å². The van der Waals surface area contributed by atoms with Crippen LogP contribution in [0.25, 0.3) is 0 Å². The Labute approximate surface area is 191 Å². The first kappa shape index (κ1) is 28.0. The first-order valence-electron chi connectivity index (χ1n) is 9.93. The molecule has 0 aromatic heterocycles. The maximum Gasteiger partial charge on any atom is 0.374 e. The monoisotopic (exact) mass is 470 g/mol. The molecule has 33 heavy (non-hydrogen) atoms. The standard InChI is InChI=1S/C22H30O11/c1-20(2,3)31-28-17(25)13-11-10-12(16(23)24)14(18(26)29-32-21(4,5)6)15(13)19(27)30-33-22(7,8)9/h10-11H,1-9H3,(H,23,24). The summed E-state index contributed by atoms with van der Waals surface area (Å²) in [6, 6.07) is 1.91. The molecule has 1 N–H and O–H groups in total. The molecule has 0 aliphatic rings. The number of benzene rings is 1. The lowest BCUT2D eigenvalue weighted by Crippen LogP contribution is -2.28. The third-order valence-corrected chi connectivity index (χ3v) is 3.17. The van der Waals surface area contributed by atoms with E-state index in [1.165, 1.54) is 0 Å². The van der Waals surface area contributed by atoms with E-state index in [2.05, 4.69) is 0 Å². The molecule has 1 aromatic rings. The Bertz CT molecular complexity index is 912. The Morgan fingerprint density at radius 2 is 0.879 bits per heavy atom. The van der Waals surface area contributed by atoms with Gasteiger partial charge in [0.1, 0.15) is 16.8 Å². The van der Waals surface area contributed by atoms with Crippen molar-refractivity contribution >= 4 is 23.9 Å². The second-order valence-corrected chi connectivity index (χ2v) is 9.92. The summed E-state index contributed by atoms with van der Waals surface area (Å²) in [6.45, 7) is 14.3. The lowest BCUT2D eigenvalue weighted by Gasteiger charge is -2.21. The highest BCUT2D eigenvalue weighted by atomic mass is 17.2. The normalized spacial score (nSPS) is 12.2. The van der Waals surface area contributed by atoms with Gasteiger partial charge in [0, 0.05) is 0 Å². The highest BCUT2D eigenvalue weighted by Crippen LogP contribution is 2.25. The molecule has 0 radical (unpaired) electrons.